The second kappa shape index (κ2) is 5.20. The third-order valence-electron chi connectivity index (χ3n) is 3.38. The Bertz CT molecular complexity index is 627. The van der Waals surface area contributed by atoms with E-state index in [2.05, 4.69) is 10.1 Å². The summed E-state index contributed by atoms with van der Waals surface area (Å²) < 4.78 is 20.8. The van der Waals surface area contributed by atoms with Gasteiger partial charge in [-0.25, -0.2) is 14.1 Å². The number of fused-ring (bicyclic) bond motifs is 1. The molecule has 1 aliphatic rings. The number of nitrogens with zero attached hydrogens (tertiary/aromatic N) is 3. The molecule has 0 radical (unpaired) electrons. The molecule has 1 N–H and O–H groups in total. The largest absolute Gasteiger partial charge is 0.482 e. The van der Waals surface area contributed by atoms with Gasteiger partial charge in [-0.3, -0.25) is 0 Å². The van der Waals surface area contributed by atoms with Crippen molar-refractivity contribution in [3.63, 3.8) is 0 Å². The quantitative estimate of drug-likeness (QED) is 0.929. The van der Waals surface area contributed by atoms with Gasteiger partial charge in [0.25, 0.3) is 0 Å². The third kappa shape index (κ3) is 2.38. The summed E-state index contributed by atoms with van der Waals surface area (Å²) in [5, 5.41) is 13.3. The topological polar surface area (TPSA) is 60.2 Å². The molecule has 1 aliphatic heterocycles. The first kappa shape index (κ1) is 13.1. The highest BCUT2D eigenvalue weighted by Crippen LogP contribution is 2.34. The van der Waals surface area contributed by atoms with Crippen molar-refractivity contribution in [3.05, 3.63) is 41.2 Å². The van der Waals surface area contributed by atoms with Crippen LogP contribution in [0.1, 0.15) is 29.7 Å². The van der Waals surface area contributed by atoms with Crippen LogP contribution in [0.3, 0.4) is 0 Å². The molecule has 0 bridgehead atoms. The lowest BCUT2D eigenvalue weighted by atomic mass is 10.0. The molecule has 0 fully saturated rings. The minimum Gasteiger partial charge on any atom is -0.482 e. The van der Waals surface area contributed by atoms with Crippen LogP contribution in [0.5, 0.6) is 5.75 Å². The zero-order valence-corrected chi connectivity index (χ0v) is 11.2. The first-order chi connectivity index (χ1) is 9.67. The lowest BCUT2D eigenvalue weighted by molar-refractivity contribution is 0.157. The van der Waals surface area contributed by atoms with Gasteiger partial charge in [0, 0.05) is 6.07 Å². The van der Waals surface area contributed by atoms with Crippen molar-refractivity contribution in [1.29, 1.82) is 0 Å². The van der Waals surface area contributed by atoms with Crippen molar-refractivity contribution in [2.45, 2.75) is 32.4 Å². The summed E-state index contributed by atoms with van der Waals surface area (Å²) in [6, 6.07) is 4.60. The molecule has 0 saturated carbocycles. The Hall–Kier alpha value is -1.95. The van der Waals surface area contributed by atoms with Gasteiger partial charge in [-0.2, -0.15) is 5.10 Å². The summed E-state index contributed by atoms with van der Waals surface area (Å²) in [6.45, 7) is 2.17. The summed E-state index contributed by atoms with van der Waals surface area (Å²) in [4.78, 5) is 4.37. The molecule has 2 heterocycles. The number of aromatic nitrogens is 3. The number of rotatable bonds is 3. The number of hydrogen-bond acceptors (Lipinski definition) is 4. The maximum Gasteiger partial charge on any atom is 0.168 e. The van der Waals surface area contributed by atoms with E-state index in [4.69, 9.17) is 9.84 Å². The van der Waals surface area contributed by atoms with Gasteiger partial charge in [0.05, 0.1) is 13.2 Å². The van der Waals surface area contributed by atoms with Crippen molar-refractivity contribution in [1.82, 2.24) is 14.8 Å². The van der Waals surface area contributed by atoms with Gasteiger partial charge in [-0.15, -0.1) is 0 Å². The molecule has 0 spiro atoms. The molecule has 2 aromatic rings. The fraction of sp³-hybridized carbons (Fsp3) is 0.429. The maximum absolute atomic E-state index is 13.3. The SMILES string of the molecule is Cc1nc(C2CCc3ccc(F)cc3O2)n(CCO)n1. The van der Waals surface area contributed by atoms with E-state index < -0.39 is 0 Å². The Morgan fingerprint density at radius 3 is 3.15 bits per heavy atom. The molecule has 1 aromatic heterocycles. The summed E-state index contributed by atoms with van der Waals surface area (Å²) in [5.41, 5.74) is 1.01. The second-order valence-corrected chi connectivity index (χ2v) is 4.86. The first-order valence-corrected chi connectivity index (χ1v) is 6.64. The van der Waals surface area contributed by atoms with Gasteiger partial charge in [0.2, 0.25) is 0 Å². The van der Waals surface area contributed by atoms with Gasteiger partial charge < -0.3 is 9.84 Å². The number of benzene rings is 1. The first-order valence-electron chi connectivity index (χ1n) is 6.64. The molecule has 3 rings (SSSR count). The average Bonchev–Trinajstić information content (AvgIpc) is 2.79. The highest BCUT2D eigenvalue weighted by atomic mass is 19.1. The van der Waals surface area contributed by atoms with E-state index in [0.29, 0.717) is 23.9 Å². The van der Waals surface area contributed by atoms with Gasteiger partial charge in [-0.05, 0) is 31.4 Å². The lowest BCUT2D eigenvalue weighted by Crippen LogP contribution is -2.21. The van der Waals surface area contributed by atoms with E-state index in [-0.39, 0.29) is 18.5 Å². The molecule has 1 unspecified atom stereocenters. The maximum atomic E-state index is 13.3. The summed E-state index contributed by atoms with van der Waals surface area (Å²) in [5.74, 6) is 1.59. The van der Waals surface area contributed by atoms with Gasteiger partial charge in [-0.1, -0.05) is 6.07 Å². The Morgan fingerprint density at radius 2 is 2.35 bits per heavy atom. The standard InChI is InChI=1S/C14H16FN3O2/c1-9-16-14(18(17-9)6-7-19)12-5-3-10-2-4-11(15)8-13(10)20-12/h2,4,8,12,19H,3,5-7H2,1H3. The van der Waals surface area contributed by atoms with Crippen molar-refractivity contribution in [2.24, 2.45) is 0 Å². The molecule has 6 heteroatoms. The van der Waals surface area contributed by atoms with E-state index >= 15 is 0 Å². The molecule has 5 nitrogen and oxygen atoms in total. The molecule has 1 atom stereocenters. The van der Waals surface area contributed by atoms with Gasteiger partial charge in [0.15, 0.2) is 11.9 Å². The van der Waals surface area contributed by atoms with Crippen LogP contribution in [0.15, 0.2) is 18.2 Å². The molecule has 20 heavy (non-hydrogen) atoms. The molecule has 0 saturated heterocycles. The van der Waals surface area contributed by atoms with E-state index in [9.17, 15) is 4.39 Å². The lowest BCUT2D eigenvalue weighted by Gasteiger charge is -2.25. The van der Waals surface area contributed by atoms with Crippen molar-refractivity contribution in [2.75, 3.05) is 6.61 Å². The Labute approximate surface area is 116 Å². The van der Waals surface area contributed by atoms with Crippen LogP contribution in [0.25, 0.3) is 0 Å². The normalized spacial score (nSPS) is 17.6. The second-order valence-electron chi connectivity index (χ2n) is 4.86. The number of aliphatic hydroxyl groups is 1. The summed E-state index contributed by atoms with van der Waals surface area (Å²) in [7, 11) is 0. The summed E-state index contributed by atoms with van der Waals surface area (Å²) in [6.07, 6.45) is 1.32. The van der Waals surface area contributed by atoms with Crippen LogP contribution >= 0.6 is 0 Å². The van der Waals surface area contributed by atoms with Gasteiger partial charge >= 0.3 is 0 Å². The summed E-state index contributed by atoms with van der Waals surface area (Å²) >= 11 is 0. The van der Waals surface area contributed by atoms with Crippen molar-refractivity contribution >= 4 is 0 Å². The fourth-order valence-electron chi connectivity index (χ4n) is 2.49. The zero-order chi connectivity index (χ0) is 14.1. The number of hydrogen-bond donors (Lipinski definition) is 1. The van der Waals surface area contributed by atoms with Crippen molar-refractivity contribution < 1.29 is 14.2 Å². The number of halogens is 1. The monoisotopic (exact) mass is 277 g/mol. The number of aliphatic hydroxyl groups excluding tert-OH is 1. The van der Waals surface area contributed by atoms with E-state index in [1.807, 2.05) is 0 Å². The highest BCUT2D eigenvalue weighted by molar-refractivity contribution is 5.36. The Kier molecular flexibility index (Phi) is 3.40. The predicted molar refractivity (Wildman–Crippen MR) is 69.9 cm³/mol. The molecule has 1 aromatic carbocycles. The Morgan fingerprint density at radius 1 is 1.50 bits per heavy atom. The van der Waals surface area contributed by atoms with E-state index in [1.165, 1.54) is 12.1 Å². The van der Waals surface area contributed by atoms with Crippen LogP contribution in [0.2, 0.25) is 0 Å². The van der Waals surface area contributed by atoms with Crippen LogP contribution in [0, 0.1) is 12.7 Å². The number of aryl methyl sites for hydroxylation is 2. The van der Waals surface area contributed by atoms with Crippen LogP contribution in [-0.4, -0.2) is 26.5 Å². The minimum absolute atomic E-state index is 0.00622. The Balaban J connectivity index is 1.89. The highest BCUT2D eigenvalue weighted by Gasteiger charge is 2.26. The van der Waals surface area contributed by atoms with E-state index in [0.717, 1.165) is 18.4 Å². The zero-order valence-electron chi connectivity index (χ0n) is 11.2. The average molecular weight is 277 g/mol. The molecule has 0 aliphatic carbocycles. The predicted octanol–water partition coefficient (Wildman–Crippen LogP) is 1.78. The molecular formula is C14H16FN3O2. The smallest absolute Gasteiger partial charge is 0.168 e. The molecular weight excluding hydrogens is 261 g/mol. The third-order valence-corrected chi connectivity index (χ3v) is 3.38. The molecule has 0 amide bonds. The van der Waals surface area contributed by atoms with Gasteiger partial charge in [0.1, 0.15) is 17.4 Å². The van der Waals surface area contributed by atoms with E-state index in [1.54, 1.807) is 17.7 Å². The minimum atomic E-state index is -0.308. The van der Waals surface area contributed by atoms with Crippen LogP contribution in [-0.2, 0) is 13.0 Å². The fourth-order valence-corrected chi connectivity index (χ4v) is 2.49. The molecule has 106 valence electrons. The van der Waals surface area contributed by atoms with Crippen LogP contribution < -0.4 is 4.74 Å². The van der Waals surface area contributed by atoms with Crippen LogP contribution in [0.4, 0.5) is 4.39 Å². The van der Waals surface area contributed by atoms with Crippen molar-refractivity contribution in [3.8, 4) is 5.75 Å². The number of ether oxygens (including phenoxy) is 1.